The molecule has 0 aromatic rings. The molecular formula is C16H28F3NO3. The van der Waals surface area contributed by atoms with Gasteiger partial charge in [0.2, 0.25) is 0 Å². The van der Waals surface area contributed by atoms with Gasteiger partial charge in [0.25, 0.3) is 0 Å². The average molecular weight is 339 g/mol. The maximum absolute atomic E-state index is 12.1. The van der Waals surface area contributed by atoms with Crippen molar-refractivity contribution in [1.29, 1.82) is 0 Å². The molecule has 0 radical (unpaired) electrons. The van der Waals surface area contributed by atoms with E-state index in [0.717, 1.165) is 38.5 Å². The van der Waals surface area contributed by atoms with E-state index in [1.807, 2.05) is 5.32 Å². The van der Waals surface area contributed by atoms with Gasteiger partial charge in [-0.3, -0.25) is 9.59 Å². The van der Waals surface area contributed by atoms with Crippen LogP contribution < -0.4 is 5.32 Å². The first-order valence-corrected chi connectivity index (χ1v) is 8.31. The summed E-state index contributed by atoms with van der Waals surface area (Å²) in [7, 11) is 0. The molecule has 4 nitrogen and oxygen atoms in total. The fourth-order valence-electron chi connectivity index (χ4n) is 2.39. The zero-order valence-corrected chi connectivity index (χ0v) is 14.0. The first-order valence-electron chi connectivity index (χ1n) is 8.31. The van der Waals surface area contributed by atoms with E-state index in [0.29, 0.717) is 25.4 Å². The van der Waals surface area contributed by atoms with Gasteiger partial charge in [-0.2, -0.15) is 13.2 Å². The Bertz CT molecular complexity index is 346. The van der Waals surface area contributed by atoms with Crippen molar-refractivity contribution < 1.29 is 27.5 Å². The molecular weight excluding hydrogens is 311 g/mol. The third-order valence-corrected chi connectivity index (χ3v) is 3.60. The van der Waals surface area contributed by atoms with Crippen molar-refractivity contribution in [3.8, 4) is 0 Å². The highest BCUT2D eigenvalue weighted by Gasteiger charge is 2.38. The molecule has 0 saturated heterocycles. The van der Waals surface area contributed by atoms with Gasteiger partial charge in [0, 0.05) is 13.0 Å². The second-order valence-electron chi connectivity index (χ2n) is 5.60. The minimum Gasteiger partial charge on any atom is -0.466 e. The average Bonchev–Trinajstić information content (AvgIpc) is 2.47. The van der Waals surface area contributed by atoms with E-state index in [1.54, 1.807) is 6.92 Å². The highest BCUT2D eigenvalue weighted by Crippen LogP contribution is 2.21. The van der Waals surface area contributed by atoms with Gasteiger partial charge in [0.05, 0.1) is 6.61 Å². The monoisotopic (exact) mass is 339 g/mol. The molecule has 1 atom stereocenters. The summed E-state index contributed by atoms with van der Waals surface area (Å²) >= 11 is 0. The SMILES string of the molecule is CCCCC(CCCNC(=O)C(F)(F)F)CCCC(=O)OCC. The number of nitrogens with one attached hydrogen (secondary N) is 1. The summed E-state index contributed by atoms with van der Waals surface area (Å²) in [5, 5.41) is 1.89. The number of hydrogen-bond acceptors (Lipinski definition) is 3. The Kier molecular flexibility index (Phi) is 11.5. The van der Waals surface area contributed by atoms with Crippen LogP contribution in [0, 0.1) is 5.92 Å². The van der Waals surface area contributed by atoms with Crippen molar-refractivity contribution in [2.45, 2.75) is 71.4 Å². The Labute approximate surface area is 136 Å². The van der Waals surface area contributed by atoms with Crippen molar-refractivity contribution in [2.24, 2.45) is 5.92 Å². The minimum absolute atomic E-state index is 0.0266. The van der Waals surface area contributed by atoms with Gasteiger partial charge in [-0.15, -0.1) is 0 Å². The molecule has 0 aliphatic heterocycles. The van der Waals surface area contributed by atoms with E-state index in [4.69, 9.17) is 4.74 Å². The zero-order valence-electron chi connectivity index (χ0n) is 14.0. The molecule has 23 heavy (non-hydrogen) atoms. The second-order valence-corrected chi connectivity index (χ2v) is 5.60. The number of rotatable bonds is 12. The number of amides is 1. The summed E-state index contributed by atoms with van der Waals surface area (Å²) < 4.78 is 41.0. The maximum atomic E-state index is 12.1. The summed E-state index contributed by atoms with van der Waals surface area (Å²) in [6.07, 6.45) is 1.50. The number of unbranched alkanes of at least 4 members (excludes halogenated alkanes) is 1. The van der Waals surface area contributed by atoms with Crippen molar-refractivity contribution in [3.05, 3.63) is 0 Å². The molecule has 0 bridgehead atoms. The Morgan fingerprint density at radius 1 is 1.04 bits per heavy atom. The topological polar surface area (TPSA) is 55.4 Å². The van der Waals surface area contributed by atoms with Crippen LogP contribution in [0.4, 0.5) is 13.2 Å². The van der Waals surface area contributed by atoms with Crippen LogP contribution in [0.1, 0.15) is 65.2 Å². The van der Waals surface area contributed by atoms with E-state index in [9.17, 15) is 22.8 Å². The first-order chi connectivity index (χ1) is 10.8. The number of alkyl halides is 3. The van der Waals surface area contributed by atoms with Crippen LogP contribution >= 0.6 is 0 Å². The molecule has 0 rings (SSSR count). The third kappa shape index (κ3) is 11.9. The smallest absolute Gasteiger partial charge is 0.466 e. The predicted octanol–water partition coefficient (Wildman–Crippen LogP) is 3.98. The Morgan fingerprint density at radius 2 is 1.65 bits per heavy atom. The highest BCUT2D eigenvalue weighted by atomic mass is 19.4. The molecule has 0 fully saturated rings. The van der Waals surface area contributed by atoms with Gasteiger partial charge in [-0.1, -0.05) is 26.2 Å². The molecule has 0 aliphatic rings. The molecule has 1 N–H and O–H groups in total. The van der Waals surface area contributed by atoms with Gasteiger partial charge in [0.15, 0.2) is 0 Å². The van der Waals surface area contributed by atoms with Crippen molar-refractivity contribution in [1.82, 2.24) is 5.32 Å². The maximum Gasteiger partial charge on any atom is 0.471 e. The van der Waals surface area contributed by atoms with E-state index in [1.165, 1.54) is 0 Å². The number of carbonyl (C=O) groups excluding carboxylic acids is 2. The number of esters is 1. The lowest BCUT2D eigenvalue weighted by atomic mass is 9.91. The summed E-state index contributed by atoms with van der Waals surface area (Å²) in [4.78, 5) is 22.0. The summed E-state index contributed by atoms with van der Waals surface area (Å²) in [5.74, 6) is -1.73. The molecule has 0 aliphatic carbocycles. The Balaban J connectivity index is 4.00. The Morgan fingerprint density at radius 3 is 2.22 bits per heavy atom. The van der Waals surface area contributed by atoms with Crippen LogP contribution in [0.25, 0.3) is 0 Å². The van der Waals surface area contributed by atoms with Gasteiger partial charge in [-0.05, 0) is 38.5 Å². The van der Waals surface area contributed by atoms with Crippen LogP contribution in [-0.2, 0) is 14.3 Å². The lowest BCUT2D eigenvalue weighted by Gasteiger charge is -2.16. The molecule has 7 heteroatoms. The number of halogens is 3. The van der Waals surface area contributed by atoms with Crippen molar-refractivity contribution in [3.63, 3.8) is 0 Å². The standard InChI is InChI=1S/C16H28F3NO3/c1-3-5-8-13(9-6-11-14(21)23-4-2)10-7-12-20-15(22)16(17,18)19/h13H,3-12H2,1-2H3,(H,20,22). The zero-order chi connectivity index (χ0) is 17.7. The Hall–Kier alpha value is -1.27. The largest absolute Gasteiger partial charge is 0.471 e. The minimum atomic E-state index is -4.82. The van der Waals surface area contributed by atoms with Crippen LogP contribution in [0.3, 0.4) is 0 Å². The summed E-state index contributed by atoms with van der Waals surface area (Å²) in [6.45, 7) is 4.24. The molecule has 0 saturated carbocycles. The van der Waals surface area contributed by atoms with E-state index < -0.39 is 12.1 Å². The van der Waals surface area contributed by atoms with Crippen LogP contribution in [0.5, 0.6) is 0 Å². The number of hydrogen-bond donors (Lipinski definition) is 1. The molecule has 0 heterocycles. The highest BCUT2D eigenvalue weighted by molar-refractivity contribution is 5.81. The molecule has 1 amide bonds. The summed E-state index contributed by atoms with van der Waals surface area (Å²) in [5.41, 5.74) is 0. The molecule has 136 valence electrons. The quantitative estimate of drug-likeness (QED) is 0.432. The lowest BCUT2D eigenvalue weighted by Crippen LogP contribution is -2.37. The van der Waals surface area contributed by atoms with Crippen molar-refractivity contribution in [2.75, 3.05) is 13.2 Å². The van der Waals surface area contributed by atoms with E-state index in [2.05, 4.69) is 6.92 Å². The molecule has 0 aromatic carbocycles. The van der Waals surface area contributed by atoms with Crippen LogP contribution in [0.2, 0.25) is 0 Å². The van der Waals surface area contributed by atoms with Gasteiger partial charge in [-0.25, -0.2) is 0 Å². The van der Waals surface area contributed by atoms with Crippen LogP contribution in [0.15, 0.2) is 0 Å². The molecule has 1 unspecified atom stereocenters. The fourth-order valence-corrected chi connectivity index (χ4v) is 2.39. The predicted molar refractivity (Wildman–Crippen MR) is 81.8 cm³/mol. The van der Waals surface area contributed by atoms with Gasteiger partial charge in [0.1, 0.15) is 0 Å². The third-order valence-electron chi connectivity index (χ3n) is 3.60. The second kappa shape index (κ2) is 12.2. The number of ether oxygens (including phenoxy) is 1. The number of carbonyl (C=O) groups is 2. The van der Waals surface area contributed by atoms with Crippen molar-refractivity contribution >= 4 is 11.9 Å². The van der Waals surface area contributed by atoms with E-state index in [-0.39, 0.29) is 12.5 Å². The van der Waals surface area contributed by atoms with Gasteiger partial charge >= 0.3 is 18.1 Å². The molecule has 0 spiro atoms. The van der Waals surface area contributed by atoms with E-state index >= 15 is 0 Å². The van der Waals surface area contributed by atoms with Gasteiger partial charge < -0.3 is 10.1 Å². The lowest BCUT2D eigenvalue weighted by molar-refractivity contribution is -0.173. The van der Waals surface area contributed by atoms with Crippen LogP contribution in [-0.4, -0.2) is 31.2 Å². The summed E-state index contributed by atoms with van der Waals surface area (Å²) in [6, 6.07) is 0. The molecule has 0 aromatic heterocycles. The normalized spacial score (nSPS) is 12.7. The first kappa shape index (κ1) is 21.7. The fraction of sp³-hybridized carbons (Fsp3) is 0.875.